The molecule has 4 rings (SSSR count). The monoisotopic (exact) mass is 364 g/mol. The average molecular weight is 365 g/mol. The minimum absolute atomic E-state index is 0.0453. The number of hydrogen-bond acceptors (Lipinski definition) is 3. The van der Waals surface area contributed by atoms with Gasteiger partial charge in [-0.3, -0.25) is 4.79 Å². The lowest BCUT2D eigenvalue weighted by atomic mass is 9.95. The Morgan fingerprint density at radius 1 is 1.15 bits per heavy atom. The molecular formula is C22H24N2OS. The van der Waals surface area contributed by atoms with E-state index in [1.54, 1.807) is 18.4 Å². The van der Waals surface area contributed by atoms with Crippen LogP contribution in [0.5, 0.6) is 0 Å². The summed E-state index contributed by atoms with van der Waals surface area (Å²) < 4.78 is 1.21. The molecule has 134 valence electrons. The van der Waals surface area contributed by atoms with Crippen molar-refractivity contribution >= 4 is 27.3 Å². The molecule has 26 heavy (non-hydrogen) atoms. The van der Waals surface area contributed by atoms with Gasteiger partial charge in [-0.1, -0.05) is 48.5 Å². The lowest BCUT2D eigenvalue weighted by molar-refractivity contribution is 0.0966. The third-order valence-corrected chi connectivity index (χ3v) is 6.49. The molecule has 1 amide bonds. The van der Waals surface area contributed by atoms with Crippen molar-refractivity contribution in [2.75, 3.05) is 26.7 Å². The van der Waals surface area contributed by atoms with E-state index in [9.17, 15) is 4.79 Å². The summed E-state index contributed by atoms with van der Waals surface area (Å²) in [5.74, 6) is 0.484. The van der Waals surface area contributed by atoms with E-state index in [1.807, 2.05) is 0 Å². The lowest BCUT2D eigenvalue weighted by Gasteiger charge is -2.16. The normalized spacial score (nSPS) is 17.7. The molecule has 4 heteroatoms. The van der Waals surface area contributed by atoms with Gasteiger partial charge in [-0.2, -0.15) is 0 Å². The largest absolute Gasteiger partial charge is 0.354 e. The zero-order valence-electron chi connectivity index (χ0n) is 15.1. The van der Waals surface area contributed by atoms with Gasteiger partial charge >= 0.3 is 0 Å². The van der Waals surface area contributed by atoms with Crippen molar-refractivity contribution in [2.24, 2.45) is 0 Å². The van der Waals surface area contributed by atoms with Crippen molar-refractivity contribution in [3.8, 4) is 0 Å². The summed E-state index contributed by atoms with van der Waals surface area (Å²) >= 11 is 1.62. The first-order valence-corrected chi connectivity index (χ1v) is 10.1. The van der Waals surface area contributed by atoms with Crippen LogP contribution >= 0.6 is 11.3 Å². The highest BCUT2D eigenvalue weighted by molar-refractivity contribution is 7.21. The number of fused-ring (bicyclic) bond motifs is 1. The fourth-order valence-corrected chi connectivity index (χ4v) is 5.19. The third kappa shape index (κ3) is 3.39. The summed E-state index contributed by atoms with van der Waals surface area (Å²) in [6.45, 7) is 3.23. The maximum absolute atomic E-state index is 12.4. The van der Waals surface area contributed by atoms with Crippen LogP contribution < -0.4 is 5.32 Å². The number of benzene rings is 2. The molecule has 2 aromatic carbocycles. The lowest BCUT2D eigenvalue weighted by Crippen LogP contribution is -2.24. The van der Waals surface area contributed by atoms with Crippen LogP contribution in [-0.2, 0) is 6.42 Å². The van der Waals surface area contributed by atoms with Crippen LogP contribution in [0.25, 0.3) is 10.1 Å². The predicted molar refractivity (Wildman–Crippen MR) is 109 cm³/mol. The van der Waals surface area contributed by atoms with Gasteiger partial charge in [-0.05, 0) is 42.0 Å². The van der Waals surface area contributed by atoms with Gasteiger partial charge in [-0.15, -0.1) is 11.3 Å². The van der Waals surface area contributed by atoms with Crippen molar-refractivity contribution < 1.29 is 4.79 Å². The Bertz CT molecular complexity index is 903. The van der Waals surface area contributed by atoms with E-state index in [1.165, 1.54) is 21.2 Å². The van der Waals surface area contributed by atoms with E-state index in [-0.39, 0.29) is 5.91 Å². The number of carbonyl (C=O) groups excluding carboxylic acids is 1. The quantitative estimate of drug-likeness (QED) is 0.732. The van der Waals surface area contributed by atoms with Crippen LogP contribution in [0, 0.1) is 0 Å². The first kappa shape index (κ1) is 17.3. The van der Waals surface area contributed by atoms with Crippen molar-refractivity contribution in [3.05, 3.63) is 70.6 Å². The molecule has 1 N–H and O–H groups in total. The molecule has 1 aromatic heterocycles. The van der Waals surface area contributed by atoms with E-state index in [4.69, 9.17) is 0 Å². The van der Waals surface area contributed by atoms with E-state index in [2.05, 4.69) is 64.8 Å². The summed E-state index contributed by atoms with van der Waals surface area (Å²) in [5.41, 5.74) is 2.65. The van der Waals surface area contributed by atoms with Gasteiger partial charge in [0.25, 0.3) is 5.91 Å². The predicted octanol–water partition coefficient (Wildman–Crippen LogP) is 4.29. The van der Waals surface area contributed by atoms with E-state index in [0.29, 0.717) is 5.92 Å². The van der Waals surface area contributed by atoms with Crippen LogP contribution in [0.1, 0.15) is 33.1 Å². The van der Waals surface area contributed by atoms with Crippen LogP contribution in [0.3, 0.4) is 0 Å². The van der Waals surface area contributed by atoms with Crippen LogP contribution in [0.4, 0.5) is 0 Å². The number of nitrogens with zero attached hydrogens (tertiary/aromatic N) is 1. The first-order valence-electron chi connectivity index (χ1n) is 9.26. The standard InChI is InChI=1S/C22H24N2OS/c1-23-22(25)21-20(18-9-5-6-10-19(18)26-21)17-12-14-24(15-17)13-11-16-7-3-2-4-8-16/h2-10,17H,11-15H2,1H3,(H,23,25)/t17-/m1/s1. The highest BCUT2D eigenvalue weighted by atomic mass is 32.1. The number of carbonyl (C=O) groups is 1. The molecule has 0 radical (unpaired) electrons. The Morgan fingerprint density at radius 2 is 1.92 bits per heavy atom. The Balaban J connectivity index is 1.54. The number of likely N-dealkylation sites (tertiary alicyclic amines) is 1. The summed E-state index contributed by atoms with van der Waals surface area (Å²) in [4.78, 5) is 15.9. The Kier molecular flexibility index (Phi) is 5.05. The molecule has 1 aliphatic heterocycles. The zero-order valence-corrected chi connectivity index (χ0v) is 15.9. The molecule has 1 saturated heterocycles. The van der Waals surface area contributed by atoms with Gasteiger partial charge in [-0.25, -0.2) is 0 Å². The summed E-state index contributed by atoms with van der Waals surface area (Å²) in [6.07, 6.45) is 2.21. The number of hydrogen-bond donors (Lipinski definition) is 1. The first-order chi connectivity index (χ1) is 12.8. The number of nitrogens with one attached hydrogen (secondary N) is 1. The fourth-order valence-electron chi connectivity index (χ4n) is 3.96. The number of amides is 1. The zero-order chi connectivity index (χ0) is 17.9. The Hall–Kier alpha value is -2.17. The fraction of sp³-hybridized carbons (Fsp3) is 0.318. The van der Waals surface area contributed by atoms with Gasteiger partial charge in [0.15, 0.2) is 0 Å². The SMILES string of the molecule is CNC(=O)c1sc2ccccc2c1[C@@H]1CCN(CCc2ccccc2)C1. The topological polar surface area (TPSA) is 32.3 Å². The second kappa shape index (κ2) is 7.60. The van der Waals surface area contributed by atoms with Gasteiger partial charge < -0.3 is 10.2 Å². The second-order valence-corrected chi connectivity index (χ2v) is 7.99. The summed E-state index contributed by atoms with van der Waals surface area (Å²) in [6, 6.07) is 19.1. The van der Waals surface area contributed by atoms with Crippen LogP contribution in [-0.4, -0.2) is 37.5 Å². The average Bonchev–Trinajstić information content (AvgIpc) is 3.30. The minimum Gasteiger partial charge on any atom is -0.354 e. The highest BCUT2D eigenvalue weighted by Crippen LogP contribution is 2.40. The molecule has 0 bridgehead atoms. The molecule has 0 unspecified atom stereocenters. The van der Waals surface area contributed by atoms with Crippen LogP contribution in [0.2, 0.25) is 0 Å². The molecule has 3 nitrogen and oxygen atoms in total. The molecule has 2 heterocycles. The maximum Gasteiger partial charge on any atom is 0.261 e. The van der Waals surface area contributed by atoms with Gasteiger partial charge in [0.2, 0.25) is 0 Å². The van der Waals surface area contributed by atoms with Gasteiger partial charge in [0.05, 0.1) is 4.88 Å². The smallest absolute Gasteiger partial charge is 0.261 e. The summed E-state index contributed by atoms with van der Waals surface area (Å²) in [7, 11) is 1.72. The molecule has 0 spiro atoms. The molecule has 1 fully saturated rings. The van der Waals surface area contributed by atoms with E-state index < -0.39 is 0 Å². The second-order valence-electron chi connectivity index (χ2n) is 6.94. The minimum atomic E-state index is 0.0453. The highest BCUT2D eigenvalue weighted by Gasteiger charge is 2.30. The van der Waals surface area contributed by atoms with Crippen molar-refractivity contribution in [1.29, 1.82) is 0 Å². The molecule has 0 aliphatic carbocycles. The van der Waals surface area contributed by atoms with Gasteiger partial charge in [0, 0.05) is 30.8 Å². The number of thiophene rings is 1. The molecule has 1 atom stereocenters. The molecule has 0 saturated carbocycles. The van der Waals surface area contributed by atoms with E-state index in [0.717, 1.165) is 37.4 Å². The summed E-state index contributed by atoms with van der Waals surface area (Å²) in [5, 5.41) is 4.08. The molecule has 1 aliphatic rings. The van der Waals surface area contributed by atoms with E-state index >= 15 is 0 Å². The molecule has 3 aromatic rings. The Labute approximate surface area is 158 Å². The van der Waals surface area contributed by atoms with Gasteiger partial charge in [0.1, 0.15) is 0 Å². The van der Waals surface area contributed by atoms with Crippen molar-refractivity contribution in [3.63, 3.8) is 0 Å². The number of rotatable bonds is 5. The van der Waals surface area contributed by atoms with Crippen LogP contribution in [0.15, 0.2) is 54.6 Å². The maximum atomic E-state index is 12.4. The molecular weight excluding hydrogens is 340 g/mol. The Morgan fingerprint density at radius 3 is 2.73 bits per heavy atom. The van der Waals surface area contributed by atoms with Crippen molar-refractivity contribution in [1.82, 2.24) is 10.2 Å². The van der Waals surface area contributed by atoms with Crippen molar-refractivity contribution in [2.45, 2.75) is 18.8 Å². The third-order valence-electron chi connectivity index (χ3n) is 5.31.